The fourth-order valence-corrected chi connectivity index (χ4v) is 6.66. The van der Waals surface area contributed by atoms with Gasteiger partial charge in [0, 0.05) is 37.3 Å². The van der Waals surface area contributed by atoms with E-state index in [0.717, 1.165) is 24.7 Å². The zero-order chi connectivity index (χ0) is 28.2. The van der Waals surface area contributed by atoms with Crippen molar-refractivity contribution < 1.29 is 21.9 Å². The molecule has 3 aliphatic heterocycles. The number of pyridine rings is 1. The fourth-order valence-electron chi connectivity index (χ4n) is 5.83. The molecule has 1 atom stereocenters. The molecule has 40 heavy (non-hydrogen) atoms. The molecule has 3 aliphatic rings. The molecule has 3 aromatic rings. The molecule has 0 aliphatic carbocycles. The molecule has 0 saturated carbocycles. The maximum atomic E-state index is 15.2. The highest BCUT2D eigenvalue weighted by atomic mass is 32.2. The summed E-state index contributed by atoms with van der Waals surface area (Å²) >= 11 is 0. The van der Waals surface area contributed by atoms with E-state index in [0.29, 0.717) is 49.9 Å². The van der Waals surface area contributed by atoms with E-state index in [1.807, 2.05) is 6.07 Å². The van der Waals surface area contributed by atoms with Gasteiger partial charge in [-0.05, 0) is 51.0 Å². The molecule has 5 heterocycles. The Labute approximate surface area is 232 Å². The van der Waals surface area contributed by atoms with E-state index in [1.54, 1.807) is 18.3 Å². The Morgan fingerprint density at radius 1 is 1.05 bits per heavy atom. The topological polar surface area (TPSA) is 104 Å². The zero-order valence-electron chi connectivity index (χ0n) is 22.6. The molecule has 0 amide bonds. The summed E-state index contributed by atoms with van der Waals surface area (Å²) in [4.78, 5) is 17.1. The number of halogens is 2. The summed E-state index contributed by atoms with van der Waals surface area (Å²) in [6, 6.07) is 6.73. The second-order valence-electron chi connectivity index (χ2n) is 11.1. The molecule has 2 aromatic heterocycles. The molecule has 1 aromatic carbocycles. The second-order valence-corrected chi connectivity index (χ2v) is 13.0. The fraction of sp³-hybridized carbons (Fsp3) is 0.444. The van der Waals surface area contributed by atoms with Gasteiger partial charge < -0.3 is 19.9 Å². The highest BCUT2D eigenvalue weighted by molar-refractivity contribution is 7.88. The number of hydrogen-bond acceptors (Lipinski definition) is 9. The third kappa shape index (κ3) is 4.92. The van der Waals surface area contributed by atoms with Gasteiger partial charge in [0.05, 0.1) is 36.1 Å². The van der Waals surface area contributed by atoms with Crippen molar-refractivity contribution in [1.82, 2.24) is 19.3 Å². The van der Waals surface area contributed by atoms with E-state index in [2.05, 4.69) is 43.9 Å². The molecule has 0 radical (unpaired) electrons. The molecule has 2 fully saturated rings. The van der Waals surface area contributed by atoms with Crippen LogP contribution in [0.25, 0.3) is 11.3 Å². The SMILES string of the molecule is CC1(C)CCC2COc3c(F)cc(-c4nc(Nc5ccc(N6CCN(S(C)(=O)=O)CC6)cn5)ncc4F)cc3N21. The zero-order valence-corrected chi connectivity index (χ0v) is 23.4. The molecular formula is C27H31F2N7O3S. The van der Waals surface area contributed by atoms with Crippen molar-refractivity contribution in [3.05, 3.63) is 48.3 Å². The number of rotatable bonds is 5. The molecule has 2 saturated heterocycles. The van der Waals surface area contributed by atoms with Crippen LogP contribution in [0.5, 0.6) is 5.75 Å². The van der Waals surface area contributed by atoms with Gasteiger partial charge in [-0.15, -0.1) is 0 Å². The van der Waals surface area contributed by atoms with Crippen LogP contribution in [0.4, 0.5) is 31.9 Å². The molecule has 1 unspecified atom stereocenters. The van der Waals surface area contributed by atoms with E-state index >= 15 is 4.39 Å². The average molecular weight is 572 g/mol. The summed E-state index contributed by atoms with van der Waals surface area (Å²) in [5, 5.41) is 2.99. The van der Waals surface area contributed by atoms with Crippen molar-refractivity contribution in [2.75, 3.05) is 54.2 Å². The van der Waals surface area contributed by atoms with Crippen LogP contribution in [0.15, 0.2) is 36.7 Å². The number of benzene rings is 1. The minimum atomic E-state index is -3.20. The number of hydrogen-bond donors (Lipinski definition) is 1. The Bertz CT molecular complexity index is 1540. The molecule has 13 heteroatoms. The van der Waals surface area contributed by atoms with Gasteiger partial charge in [-0.2, -0.15) is 4.31 Å². The Kier molecular flexibility index (Phi) is 6.53. The number of aromatic nitrogens is 3. The number of piperazine rings is 1. The number of anilines is 4. The molecule has 0 bridgehead atoms. The predicted octanol–water partition coefficient (Wildman–Crippen LogP) is 3.78. The molecule has 212 valence electrons. The quantitative estimate of drug-likeness (QED) is 0.490. The Hall–Kier alpha value is -3.58. The van der Waals surface area contributed by atoms with Crippen molar-refractivity contribution in [3.63, 3.8) is 0 Å². The van der Waals surface area contributed by atoms with E-state index in [1.165, 1.54) is 16.6 Å². The molecule has 6 rings (SSSR count). The summed E-state index contributed by atoms with van der Waals surface area (Å²) in [7, 11) is -3.20. The first-order chi connectivity index (χ1) is 19.0. The lowest BCUT2D eigenvalue weighted by Gasteiger charge is -2.42. The van der Waals surface area contributed by atoms with Crippen LogP contribution in [-0.2, 0) is 10.0 Å². The van der Waals surface area contributed by atoms with Gasteiger partial charge in [-0.3, -0.25) is 0 Å². The van der Waals surface area contributed by atoms with Crippen LogP contribution in [0.2, 0.25) is 0 Å². The summed E-state index contributed by atoms with van der Waals surface area (Å²) < 4.78 is 60.9. The van der Waals surface area contributed by atoms with Crippen LogP contribution in [0, 0.1) is 11.6 Å². The number of ether oxygens (including phenoxy) is 1. The summed E-state index contributed by atoms with van der Waals surface area (Å²) in [6.07, 6.45) is 5.84. The highest BCUT2D eigenvalue weighted by Crippen LogP contribution is 2.47. The van der Waals surface area contributed by atoms with E-state index < -0.39 is 21.7 Å². The van der Waals surface area contributed by atoms with E-state index in [4.69, 9.17) is 4.74 Å². The van der Waals surface area contributed by atoms with Crippen LogP contribution in [-0.4, -0.2) is 78.3 Å². The lowest BCUT2D eigenvalue weighted by Crippen LogP contribution is -2.48. The standard InChI is InChI=1S/C27H31F2N7O3S/c1-27(2)7-6-19-16-39-25-20(28)12-17(13-22(25)36(19)27)24-21(29)15-31-26(33-24)32-23-5-4-18(14-30-23)34-8-10-35(11-9-34)40(3,37)38/h4-5,12-15,19H,6-11,16H2,1-3H3,(H,30,31,32,33). The van der Waals surface area contributed by atoms with Crippen LogP contribution < -0.4 is 19.9 Å². The first kappa shape index (κ1) is 26.6. The Morgan fingerprint density at radius 3 is 2.52 bits per heavy atom. The van der Waals surface area contributed by atoms with Crippen molar-refractivity contribution in [3.8, 4) is 17.0 Å². The van der Waals surface area contributed by atoms with Gasteiger partial charge in [0.1, 0.15) is 18.1 Å². The maximum Gasteiger partial charge on any atom is 0.229 e. The minimum absolute atomic E-state index is 0.0290. The second kappa shape index (κ2) is 9.81. The van der Waals surface area contributed by atoms with Gasteiger partial charge in [0.2, 0.25) is 16.0 Å². The van der Waals surface area contributed by atoms with Crippen LogP contribution in [0.1, 0.15) is 26.7 Å². The summed E-state index contributed by atoms with van der Waals surface area (Å²) in [6.45, 7) is 6.60. The lowest BCUT2D eigenvalue weighted by atomic mass is 10.0. The number of nitrogens with one attached hydrogen (secondary N) is 1. The van der Waals surface area contributed by atoms with Gasteiger partial charge in [0.15, 0.2) is 17.4 Å². The monoisotopic (exact) mass is 571 g/mol. The molecule has 0 spiro atoms. The largest absolute Gasteiger partial charge is 0.486 e. The maximum absolute atomic E-state index is 15.2. The first-order valence-electron chi connectivity index (χ1n) is 13.2. The van der Waals surface area contributed by atoms with E-state index in [9.17, 15) is 12.8 Å². The molecular weight excluding hydrogens is 540 g/mol. The minimum Gasteiger partial charge on any atom is -0.486 e. The number of nitrogens with zero attached hydrogens (tertiary/aromatic N) is 6. The average Bonchev–Trinajstić information content (AvgIpc) is 3.24. The van der Waals surface area contributed by atoms with Gasteiger partial charge in [0.25, 0.3) is 0 Å². The van der Waals surface area contributed by atoms with Gasteiger partial charge >= 0.3 is 0 Å². The van der Waals surface area contributed by atoms with E-state index in [-0.39, 0.29) is 29.0 Å². The van der Waals surface area contributed by atoms with Crippen LogP contribution in [0.3, 0.4) is 0 Å². The lowest BCUT2D eigenvalue weighted by molar-refractivity contribution is 0.252. The highest BCUT2D eigenvalue weighted by Gasteiger charge is 2.44. The molecule has 10 nitrogen and oxygen atoms in total. The van der Waals surface area contributed by atoms with Crippen molar-refractivity contribution in [2.24, 2.45) is 0 Å². The predicted molar refractivity (Wildman–Crippen MR) is 149 cm³/mol. The number of fused-ring (bicyclic) bond motifs is 3. The third-order valence-electron chi connectivity index (χ3n) is 7.89. The number of sulfonamides is 1. The summed E-state index contributed by atoms with van der Waals surface area (Å²) in [5.74, 6) is -0.481. The Balaban J connectivity index is 1.22. The van der Waals surface area contributed by atoms with Gasteiger partial charge in [-0.1, -0.05) is 0 Å². The Morgan fingerprint density at radius 2 is 1.82 bits per heavy atom. The van der Waals surface area contributed by atoms with Crippen molar-refractivity contribution in [2.45, 2.75) is 38.3 Å². The van der Waals surface area contributed by atoms with Gasteiger partial charge in [-0.25, -0.2) is 32.2 Å². The third-order valence-corrected chi connectivity index (χ3v) is 9.19. The van der Waals surface area contributed by atoms with Crippen LogP contribution >= 0.6 is 0 Å². The smallest absolute Gasteiger partial charge is 0.229 e. The summed E-state index contributed by atoms with van der Waals surface area (Å²) in [5.41, 5.74) is 1.55. The molecule has 1 N–H and O–H groups in total. The first-order valence-corrected chi connectivity index (χ1v) is 15.1. The normalized spacial score (nSPS) is 20.6. The van der Waals surface area contributed by atoms with Crippen molar-refractivity contribution in [1.29, 1.82) is 0 Å². The van der Waals surface area contributed by atoms with Crippen molar-refractivity contribution >= 4 is 33.2 Å².